The van der Waals surface area contributed by atoms with Crippen molar-refractivity contribution in [1.29, 1.82) is 0 Å². The third-order valence-electron chi connectivity index (χ3n) is 2.65. The van der Waals surface area contributed by atoms with Gasteiger partial charge in [-0.25, -0.2) is 21.0 Å². The topological polar surface area (TPSA) is 80.5 Å². The molecular weight excluding hydrogens is 362 g/mol. The number of primary sulfonamides is 1. The van der Waals surface area contributed by atoms with Crippen molar-refractivity contribution in [1.82, 2.24) is 0 Å². The third-order valence-corrected chi connectivity index (χ3v) is 5.47. The molecular formula is C9H10FIN2O3S. The Bertz CT molecular complexity index is 590. The number of hydrogen-bond donors (Lipinski definition) is 1. The van der Waals surface area contributed by atoms with E-state index in [1.54, 1.807) is 3.11 Å². The molecule has 0 spiro atoms. The van der Waals surface area contributed by atoms with Gasteiger partial charge >= 0.3 is 0 Å². The summed E-state index contributed by atoms with van der Waals surface area (Å²) in [5, 5.41) is 4.92. The molecule has 1 atom stereocenters. The van der Waals surface area contributed by atoms with Crippen LogP contribution in [-0.2, 0) is 19.5 Å². The van der Waals surface area contributed by atoms with Crippen molar-refractivity contribution in [3.63, 3.8) is 0 Å². The molecule has 1 aliphatic heterocycles. The number of nitrogens with zero attached hydrogens (tertiary/aromatic N) is 1. The van der Waals surface area contributed by atoms with E-state index in [0.717, 1.165) is 6.07 Å². The smallest absolute Gasteiger partial charge is 0.273 e. The van der Waals surface area contributed by atoms with Crippen molar-refractivity contribution in [2.75, 3.05) is 3.11 Å². The van der Waals surface area contributed by atoms with Crippen LogP contribution in [0.4, 0.5) is 10.1 Å². The first kappa shape index (κ1) is 12.8. The molecule has 1 heterocycles. The van der Waals surface area contributed by atoms with Crippen LogP contribution in [0.1, 0.15) is 12.5 Å². The zero-order valence-electron chi connectivity index (χ0n) is 8.85. The highest BCUT2D eigenvalue weighted by Gasteiger charge is 2.29. The Hall–Kier alpha value is -0.610. The lowest BCUT2D eigenvalue weighted by Gasteiger charge is -2.15. The number of benzene rings is 1. The fourth-order valence-electron chi connectivity index (χ4n) is 1.91. The lowest BCUT2D eigenvalue weighted by molar-refractivity contribution is 0.567. The van der Waals surface area contributed by atoms with Crippen LogP contribution in [-0.4, -0.2) is 14.5 Å². The fraction of sp³-hybridized carbons (Fsp3) is 0.333. The second-order valence-corrected chi connectivity index (χ2v) is 6.85. The summed E-state index contributed by atoms with van der Waals surface area (Å²) in [5.74, 6) is -0.857. The van der Waals surface area contributed by atoms with Gasteiger partial charge in [0, 0.05) is 6.04 Å². The lowest BCUT2D eigenvalue weighted by Crippen LogP contribution is -2.19. The minimum Gasteiger partial charge on any atom is -0.285 e. The van der Waals surface area contributed by atoms with Gasteiger partial charge in [-0.2, -0.15) is 0 Å². The van der Waals surface area contributed by atoms with Gasteiger partial charge in [0.2, 0.25) is 10.0 Å². The van der Waals surface area contributed by atoms with E-state index in [4.69, 9.17) is 5.14 Å². The number of hydrogen-bond acceptors (Lipinski definition) is 3. The summed E-state index contributed by atoms with van der Waals surface area (Å²) in [4.78, 5) is -0.548. The maximum Gasteiger partial charge on any atom is 0.273 e. The second kappa shape index (κ2) is 4.25. The lowest BCUT2D eigenvalue weighted by atomic mass is 10.1. The van der Waals surface area contributed by atoms with Crippen molar-refractivity contribution < 1.29 is 15.9 Å². The van der Waals surface area contributed by atoms with Gasteiger partial charge in [-0.15, -0.1) is 0 Å². The molecule has 0 unspecified atom stereocenters. The first-order valence-corrected chi connectivity index (χ1v) is 8.15. The van der Waals surface area contributed by atoms with Crippen molar-refractivity contribution >= 4 is 37.2 Å². The summed E-state index contributed by atoms with van der Waals surface area (Å²) < 4.78 is 48.6. The molecule has 0 saturated heterocycles. The van der Waals surface area contributed by atoms with Crippen LogP contribution in [0, 0.1) is 5.82 Å². The van der Waals surface area contributed by atoms with Gasteiger partial charge in [0.15, 0.2) is 0 Å². The summed E-state index contributed by atoms with van der Waals surface area (Å²) >= 11 is -1.46. The summed E-state index contributed by atoms with van der Waals surface area (Å²) in [6.07, 6.45) is 0.555. The minimum absolute atomic E-state index is 0.00886. The van der Waals surface area contributed by atoms with Gasteiger partial charge in [0.1, 0.15) is 10.7 Å². The Morgan fingerprint density at radius 1 is 1.53 bits per heavy atom. The Kier molecular flexibility index (Phi) is 3.21. The van der Waals surface area contributed by atoms with Gasteiger partial charge in [0.25, 0.3) is 21.5 Å². The van der Waals surface area contributed by atoms with Crippen LogP contribution in [0.3, 0.4) is 0 Å². The van der Waals surface area contributed by atoms with Crippen LogP contribution >= 0.6 is 21.5 Å². The molecule has 0 aliphatic carbocycles. The van der Waals surface area contributed by atoms with Crippen LogP contribution in [0.5, 0.6) is 0 Å². The van der Waals surface area contributed by atoms with Crippen LogP contribution in [0.25, 0.3) is 0 Å². The number of fused-ring (bicyclic) bond motifs is 1. The van der Waals surface area contributed by atoms with Crippen LogP contribution < -0.4 is 8.25 Å². The SMILES string of the molecule is C[C@@H]1Cc2cc(F)c(S(N)(=O)=O)cc2N1I=O. The number of halogens is 2. The molecule has 2 N–H and O–H groups in total. The number of rotatable bonds is 2. The predicted octanol–water partition coefficient (Wildman–Crippen LogP) is 1.46. The molecule has 94 valence electrons. The molecule has 1 aliphatic rings. The highest BCUT2D eigenvalue weighted by Crippen LogP contribution is 2.38. The standard InChI is InChI=1S/C9H10FIN2O3S/c1-5-2-6-3-7(10)9(17(12,15)16)4-8(6)13(5)11-14/h3-5H,2H2,1H3,(H2,12,15,16)/t5-/m1/s1. The van der Waals surface area contributed by atoms with Crippen LogP contribution in [0.2, 0.25) is 0 Å². The zero-order valence-corrected chi connectivity index (χ0v) is 11.8. The maximum atomic E-state index is 13.6. The van der Waals surface area contributed by atoms with Gasteiger partial charge in [-0.3, -0.25) is 3.11 Å². The summed E-state index contributed by atoms with van der Waals surface area (Å²) in [5.41, 5.74) is 1.17. The highest BCUT2D eigenvalue weighted by atomic mass is 127. The number of sulfonamides is 1. The maximum absolute atomic E-state index is 13.6. The molecule has 5 nitrogen and oxygen atoms in total. The molecule has 0 saturated carbocycles. The summed E-state index contributed by atoms with van der Waals surface area (Å²) in [7, 11) is -4.10. The van der Waals surface area contributed by atoms with Crippen LogP contribution in [0.15, 0.2) is 17.0 Å². The highest BCUT2D eigenvalue weighted by molar-refractivity contribution is 14.1. The van der Waals surface area contributed by atoms with E-state index in [1.165, 1.54) is 6.07 Å². The average molecular weight is 372 g/mol. The normalized spacial score (nSPS) is 19.5. The molecule has 1 aromatic rings. The molecule has 0 radical (unpaired) electrons. The molecule has 0 fully saturated rings. The van der Waals surface area contributed by atoms with Gasteiger partial charge < -0.3 is 0 Å². The number of nitrogens with two attached hydrogens (primary N) is 1. The van der Waals surface area contributed by atoms with Crippen molar-refractivity contribution in [3.8, 4) is 0 Å². The molecule has 17 heavy (non-hydrogen) atoms. The quantitative estimate of drug-likeness (QED) is 0.630. The van der Waals surface area contributed by atoms with E-state index in [0.29, 0.717) is 17.7 Å². The fourth-order valence-corrected chi connectivity index (χ4v) is 3.76. The predicted molar refractivity (Wildman–Crippen MR) is 68.1 cm³/mol. The third kappa shape index (κ3) is 2.20. The first-order chi connectivity index (χ1) is 7.84. The average Bonchev–Trinajstić information content (AvgIpc) is 2.49. The molecule has 1 aromatic carbocycles. The Balaban J connectivity index is 2.65. The van der Waals surface area contributed by atoms with Crippen molar-refractivity contribution in [2.45, 2.75) is 24.3 Å². The Labute approximate surface area is 109 Å². The Morgan fingerprint density at radius 2 is 2.18 bits per heavy atom. The van der Waals surface area contributed by atoms with E-state index in [2.05, 4.69) is 0 Å². The second-order valence-electron chi connectivity index (χ2n) is 3.89. The largest absolute Gasteiger partial charge is 0.285 e. The molecule has 0 amide bonds. The van der Waals surface area contributed by atoms with Gasteiger partial charge in [-0.1, -0.05) is 0 Å². The van der Waals surface area contributed by atoms with Crippen molar-refractivity contribution in [2.24, 2.45) is 5.14 Å². The van der Waals surface area contributed by atoms with Gasteiger partial charge in [0.05, 0.1) is 5.69 Å². The van der Waals surface area contributed by atoms with E-state index in [1.807, 2.05) is 6.92 Å². The molecule has 8 heteroatoms. The van der Waals surface area contributed by atoms with E-state index in [-0.39, 0.29) is 6.04 Å². The summed E-state index contributed by atoms with van der Waals surface area (Å²) in [6, 6.07) is 2.32. The van der Waals surface area contributed by atoms with Crippen molar-refractivity contribution in [3.05, 3.63) is 23.5 Å². The zero-order chi connectivity index (χ0) is 12.8. The van der Waals surface area contributed by atoms with E-state index < -0.39 is 42.2 Å². The number of anilines is 1. The molecule has 0 bridgehead atoms. The summed E-state index contributed by atoms with van der Waals surface area (Å²) in [6.45, 7) is 1.85. The molecule has 0 aromatic heterocycles. The first-order valence-electron chi connectivity index (χ1n) is 4.76. The molecule has 2 rings (SSSR count). The van der Waals surface area contributed by atoms with Gasteiger partial charge in [-0.05, 0) is 31.0 Å². The monoisotopic (exact) mass is 372 g/mol. The minimum atomic E-state index is -4.10. The van der Waals surface area contributed by atoms with E-state index >= 15 is 0 Å². The Morgan fingerprint density at radius 3 is 2.71 bits per heavy atom. The van der Waals surface area contributed by atoms with E-state index in [9.17, 15) is 15.9 Å².